The highest BCUT2D eigenvalue weighted by molar-refractivity contribution is 5.84. The first kappa shape index (κ1) is 12.6. The Hall–Kier alpha value is -1.51. The molecule has 0 aliphatic carbocycles. The van der Waals surface area contributed by atoms with Crippen LogP contribution in [-0.2, 0) is 0 Å². The molecule has 0 aromatic heterocycles. The molecule has 88 valence electrons. The summed E-state index contributed by atoms with van der Waals surface area (Å²) >= 11 is 0. The molecule has 1 aromatic rings. The third kappa shape index (κ3) is 3.57. The highest BCUT2D eigenvalue weighted by atomic mass is 16.5. The average Bonchev–Trinajstić information content (AvgIpc) is 2.25. The smallest absolute Gasteiger partial charge is 0.131 e. The van der Waals surface area contributed by atoms with Crippen molar-refractivity contribution in [2.24, 2.45) is 4.99 Å². The maximum absolute atomic E-state index is 5.28. The van der Waals surface area contributed by atoms with Crippen LogP contribution >= 0.6 is 0 Å². The summed E-state index contributed by atoms with van der Waals surface area (Å²) < 4.78 is 10.4. The molecule has 3 heteroatoms. The highest BCUT2D eigenvalue weighted by Gasteiger charge is 2.07. The topological polar surface area (TPSA) is 30.8 Å². The first-order chi connectivity index (χ1) is 7.46. The molecule has 0 atom stereocenters. The number of hydrogen-bond acceptors (Lipinski definition) is 3. The Kier molecular flexibility index (Phi) is 3.93. The van der Waals surface area contributed by atoms with Gasteiger partial charge in [-0.3, -0.25) is 4.99 Å². The first-order valence-electron chi connectivity index (χ1n) is 5.23. The van der Waals surface area contributed by atoms with E-state index < -0.39 is 0 Å². The summed E-state index contributed by atoms with van der Waals surface area (Å²) in [4.78, 5) is 4.45. The van der Waals surface area contributed by atoms with Crippen LogP contribution in [0.3, 0.4) is 0 Å². The van der Waals surface area contributed by atoms with Crippen LogP contribution in [0.2, 0.25) is 0 Å². The molecule has 16 heavy (non-hydrogen) atoms. The zero-order valence-electron chi connectivity index (χ0n) is 10.6. The zero-order valence-corrected chi connectivity index (χ0v) is 10.6. The van der Waals surface area contributed by atoms with E-state index in [1.165, 1.54) is 0 Å². The molecule has 1 aromatic carbocycles. The Morgan fingerprint density at radius 1 is 1.12 bits per heavy atom. The van der Waals surface area contributed by atoms with E-state index in [-0.39, 0.29) is 5.54 Å². The van der Waals surface area contributed by atoms with Gasteiger partial charge in [-0.05, 0) is 32.9 Å². The average molecular weight is 221 g/mol. The van der Waals surface area contributed by atoms with Crippen molar-refractivity contribution in [1.29, 1.82) is 0 Å². The van der Waals surface area contributed by atoms with Crippen LogP contribution in [-0.4, -0.2) is 26.0 Å². The molecule has 3 nitrogen and oxygen atoms in total. The van der Waals surface area contributed by atoms with Crippen molar-refractivity contribution < 1.29 is 9.47 Å². The van der Waals surface area contributed by atoms with E-state index in [0.29, 0.717) is 0 Å². The van der Waals surface area contributed by atoms with Crippen molar-refractivity contribution in [2.75, 3.05) is 14.2 Å². The standard InChI is InChI=1S/C13H19NO2/c1-13(2,3)14-9-10-6-7-11(15-4)8-12(10)16-5/h6-9H,1-5H3. The molecule has 0 amide bonds. The highest BCUT2D eigenvalue weighted by Crippen LogP contribution is 2.23. The molecule has 1 rings (SSSR count). The number of hydrogen-bond donors (Lipinski definition) is 0. The van der Waals surface area contributed by atoms with Crippen LogP contribution in [0.1, 0.15) is 26.3 Å². The molecule has 0 heterocycles. The zero-order chi connectivity index (χ0) is 12.2. The van der Waals surface area contributed by atoms with Crippen LogP contribution < -0.4 is 9.47 Å². The summed E-state index contributed by atoms with van der Waals surface area (Å²) in [6.07, 6.45) is 1.83. The Morgan fingerprint density at radius 2 is 1.81 bits per heavy atom. The minimum Gasteiger partial charge on any atom is -0.497 e. The summed E-state index contributed by atoms with van der Waals surface area (Å²) in [6.45, 7) is 6.17. The third-order valence-corrected chi connectivity index (χ3v) is 2.03. The minimum atomic E-state index is -0.0784. The minimum absolute atomic E-state index is 0.0784. The van der Waals surface area contributed by atoms with Gasteiger partial charge in [-0.1, -0.05) is 0 Å². The van der Waals surface area contributed by atoms with E-state index >= 15 is 0 Å². The maximum Gasteiger partial charge on any atom is 0.131 e. The van der Waals surface area contributed by atoms with Gasteiger partial charge in [0.15, 0.2) is 0 Å². The van der Waals surface area contributed by atoms with Crippen LogP contribution in [0.25, 0.3) is 0 Å². The van der Waals surface area contributed by atoms with Gasteiger partial charge >= 0.3 is 0 Å². The molecule has 0 fully saturated rings. The molecular weight excluding hydrogens is 202 g/mol. The second-order valence-corrected chi connectivity index (χ2v) is 4.54. The van der Waals surface area contributed by atoms with Crippen molar-refractivity contribution in [3.05, 3.63) is 23.8 Å². The van der Waals surface area contributed by atoms with E-state index in [1.807, 2.05) is 24.4 Å². The summed E-state index contributed by atoms with van der Waals surface area (Å²) in [5.41, 5.74) is 0.878. The Bertz CT molecular complexity index is 378. The second-order valence-electron chi connectivity index (χ2n) is 4.54. The fraction of sp³-hybridized carbons (Fsp3) is 0.462. The summed E-state index contributed by atoms with van der Waals surface area (Å²) in [5.74, 6) is 1.55. The number of benzene rings is 1. The van der Waals surface area contributed by atoms with Gasteiger partial charge in [-0.15, -0.1) is 0 Å². The second kappa shape index (κ2) is 5.01. The van der Waals surface area contributed by atoms with E-state index in [4.69, 9.17) is 9.47 Å². The van der Waals surface area contributed by atoms with Crippen molar-refractivity contribution >= 4 is 6.21 Å². The lowest BCUT2D eigenvalue weighted by Gasteiger charge is -2.12. The van der Waals surface area contributed by atoms with E-state index in [2.05, 4.69) is 25.8 Å². The maximum atomic E-state index is 5.28. The molecule has 0 aliphatic heterocycles. The normalized spacial score (nSPS) is 11.8. The van der Waals surface area contributed by atoms with Crippen molar-refractivity contribution in [2.45, 2.75) is 26.3 Å². The van der Waals surface area contributed by atoms with Gasteiger partial charge in [0.05, 0.1) is 19.8 Å². The lowest BCUT2D eigenvalue weighted by atomic mass is 10.1. The lowest BCUT2D eigenvalue weighted by molar-refractivity contribution is 0.394. The molecule has 0 aliphatic rings. The van der Waals surface area contributed by atoms with E-state index in [1.54, 1.807) is 14.2 Å². The summed E-state index contributed by atoms with van der Waals surface area (Å²) in [6, 6.07) is 5.68. The lowest BCUT2D eigenvalue weighted by Crippen LogP contribution is -2.09. The fourth-order valence-electron chi connectivity index (χ4n) is 1.19. The molecule has 0 unspecified atom stereocenters. The first-order valence-corrected chi connectivity index (χ1v) is 5.23. The van der Waals surface area contributed by atoms with Crippen LogP contribution in [0, 0.1) is 0 Å². The van der Waals surface area contributed by atoms with Gasteiger partial charge in [0.2, 0.25) is 0 Å². The SMILES string of the molecule is COc1ccc(C=NC(C)(C)C)c(OC)c1. The summed E-state index contributed by atoms with van der Waals surface area (Å²) in [5, 5.41) is 0. The fourth-order valence-corrected chi connectivity index (χ4v) is 1.19. The molecular formula is C13H19NO2. The predicted molar refractivity (Wildman–Crippen MR) is 66.9 cm³/mol. The molecule has 0 spiro atoms. The van der Waals surface area contributed by atoms with Crippen LogP contribution in [0.5, 0.6) is 11.5 Å². The number of aliphatic imine (C=N–C) groups is 1. The van der Waals surface area contributed by atoms with Gasteiger partial charge in [0.1, 0.15) is 11.5 Å². The van der Waals surface area contributed by atoms with Gasteiger partial charge in [-0.2, -0.15) is 0 Å². The molecule has 0 saturated carbocycles. The van der Waals surface area contributed by atoms with Crippen molar-refractivity contribution in [3.8, 4) is 11.5 Å². The van der Waals surface area contributed by atoms with Crippen LogP contribution in [0.4, 0.5) is 0 Å². The third-order valence-electron chi connectivity index (χ3n) is 2.03. The quantitative estimate of drug-likeness (QED) is 0.735. The molecule has 0 saturated heterocycles. The van der Waals surface area contributed by atoms with Gasteiger partial charge in [0, 0.05) is 17.8 Å². The predicted octanol–water partition coefficient (Wildman–Crippen LogP) is 2.92. The van der Waals surface area contributed by atoms with Crippen molar-refractivity contribution in [1.82, 2.24) is 0 Å². The molecule has 0 N–H and O–H groups in total. The molecule has 0 radical (unpaired) electrons. The Balaban J connectivity index is 3.00. The van der Waals surface area contributed by atoms with Crippen molar-refractivity contribution in [3.63, 3.8) is 0 Å². The van der Waals surface area contributed by atoms with Gasteiger partial charge < -0.3 is 9.47 Å². The molecule has 0 bridgehead atoms. The van der Waals surface area contributed by atoms with Crippen LogP contribution in [0.15, 0.2) is 23.2 Å². The number of nitrogens with zero attached hydrogens (tertiary/aromatic N) is 1. The van der Waals surface area contributed by atoms with E-state index in [0.717, 1.165) is 17.1 Å². The number of methoxy groups -OCH3 is 2. The largest absolute Gasteiger partial charge is 0.497 e. The monoisotopic (exact) mass is 221 g/mol. The summed E-state index contributed by atoms with van der Waals surface area (Å²) in [7, 11) is 3.28. The Morgan fingerprint density at radius 3 is 2.31 bits per heavy atom. The van der Waals surface area contributed by atoms with E-state index in [9.17, 15) is 0 Å². The van der Waals surface area contributed by atoms with Gasteiger partial charge in [-0.25, -0.2) is 0 Å². The Labute approximate surface area is 97.1 Å². The number of rotatable bonds is 3. The number of ether oxygens (including phenoxy) is 2. The van der Waals surface area contributed by atoms with Gasteiger partial charge in [0.25, 0.3) is 0 Å².